The smallest absolute Gasteiger partial charge is 0.257 e. The molecule has 0 bridgehead atoms. The number of carbonyl (C=O) groups is 1. The van der Waals surface area contributed by atoms with E-state index < -0.39 is 0 Å². The van der Waals surface area contributed by atoms with E-state index in [0.717, 1.165) is 39.8 Å². The zero-order valence-corrected chi connectivity index (χ0v) is 19.6. The van der Waals surface area contributed by atoms with Crippen molar-refractivity contribution in [3.8, 4) is 0 Å². The van der Waals surface area contributed by atoms with E-state index in [1.54, 1.807) is 6.20 Å². The number of aryl methyl sites for hydroxylation is 3. The maximum absolute atomic E-state index is 13.2. The van der Waals surface area contributed by atoms with Crippen LogP contribution in [0.4, 0.5) is 0 Å². The number of benzene rings is 1. The molecule has 33 heavy (non-hydrogen) atoms. The van der Waals surface area contributed by atoms with Crippen molar-refractivity contribution in [2.45, 2.75) is 39.8 Å². The minimum atomic E-state index is -0.372. The summed E-state index contributed by atoms with van der Waals surface area (Å²) in [5.74, 6) is -0.372. The van der Waals surface area contributed by atoms with E-state index in [1.165, 1.54) is 17.4 Å². The fourth-order valence-corrected chi connectivity index (χ4v) is 4.48. The minimum Gasteiger partial charge on any atom is -0.346 e. The molecule has 4 rings (SSSR count). The molecular weight excluding hydrogens is 432 g/mol. The first-order valence-corrected chi connectivity index (χ1v) is 11.8. The Morgan fingerprint density at radius 2 is 1.82 bits per heavy atom. The Kier molecular flexibility index (Phi) is 7.10. The number of hydrogen-bond donors (Lipinski definition) is 1. The quantitative estimate of drug-likeness (QED) is 0.432. The van der Waals surface area contributed by atoms with E-state index in [0.29, 0.717) is 13.0 Å². The van der Waals surface area contributed by atoms with Crippen molar-refractivity contribution in [2.75, 3.05) is 0 Å². The van der Waals surface area contributed by atoms with Crippen LogP contribution in [0.5, 0.6) is 0 Å². The number of amides is 1. The van der Waals surface area contributed by atoms with Crippen LogP contribution in [0.1, 0.15) is 43.7 Å². The summed E-state index contributed by atoms with van der Waals surface area (Å²) in [5, 5.41) is 5.75. The monoisotopic (exact) mass is 458 g/mol. The van der Waals surface area contributed by atoms with Crippen LogP contribution in [0.2, 0.25) is 0 Å². The molecule has 1 amide bonds. The van der Waals surface area contributed by atoms with Crippen LogP contribution >= 0.6 is 11.3 Å². The Balaban J connectivity index is 1.70. The number of nitrogens with one attached hydrogen (secondary N) is 1. The van der Waals surface area contributed by atoms with Crippen LogP contribution in [0.15, 0.2) is 71.0 Å². The molecule has 0 fully saturated rings. The van der Waals surface area contributed by atoms with Gasteiger partial charge in [-0.25, -0.2) is 4.98 Å². The maximum atomic E-state index is 13.2. The van der Waals surface area contributed by atoms with Gasteiger partial charge in [-0.05, 0) is 44.4 Å². The molecule has 0 unspecified atom stereocenters. The van der Waals surface area contributed by atoms with E-state index in [4.69, 9.17) is 0 Å². The molecule has 3 heterocycles. The number of hydrogen-bond acceptors (Lipinski definition) is 5. The predicted octanol–water partition coefficient (Wildman–Crippen LogP) is 4.08. The first-order valence-electron chi connectivity index (χ1n) is 10.9. The normalized spacial score (nSPS) is 10.8. The summed E-state index contributed by atoms with van der Waals surface area (Å²) in [6, 6.07) is 17.4. The van der Waals surface area contributed by atoms with Gasteiger partial charge in [-0.15, -0.1) is 11.3 Å². The Labute approximate surface area is 197 Å². The molecule has 3 aromatic heterocycles. The van der Waals surface area contributed by atoms with Crippen molar-refractivity contribution in [3.05, 3.63) is 115 Å². The summed E-state index contributed by atoms with van der Waals surface area (Å²) in [4.78, 5) is 35.1. The molecule has 0 radical (unpaired) electrons. The van der Waals surface area contributed by atoms with Crippen molar-refractivity contribution >= 4 is 17.2 Å². The van der Waals surface area contributed by atoms with Gasteiger partial charge < -0.3 is 9.88 Å². The van der Waals surface area contributed by atoms with E-state index in [1.807, 2.05) is 60.2 Å². The summed E-state index contributed by atoms with van der Waals surface area (Å²) in [7, 11) is 0. The van der Waals surface area contributed by atoms with E-state index in [9.17, 15) is 9.59 Å². The zero-order chi connectivity index (χ0) is 23.2. The van der Waals surface area contributed by atoms with Gasteiger partial charge in [-0.3, -0.25) is 14.6 Å². The van der Waals surface area contributed by atoms with Gasteiger partial charge in [0.25, 0.3) is 5.91 Å². The van der Waals surface area contributed by atoms with Gasteiger partial charge in [0.05, 0.1) is 29.5 Å². The van der Waals surface area contributed by atoms with Gasteiger partial charge in [0.2, 0.25) is 0 Å². The number of pyridine rings is 2. The van der Waals surface area contributed by atoms with Gasteiger partial charge >= 0.3 is 0 Å². The van der Waals surface area contributed by atoms with Crippen molar-refractivity contribution in [3.63, 3.8) is 0 Å². The second-order valence-electron chi connectivity index (χ2n) is 7.91. The van der Waals surface area contributed by atoms with Gasteiger partial charge in [-0.1, -0.05) is 36.4 Å². The predicted molar refractivity (Wildman–Crippen MR) is 131 cm³/mol. The number of nitrogens with zero attached hydrogens (tertiary/aromatic N) is 3. The van der Waals surface area contributed by atoms with Gasteiger partial charge in [-0.2, -0.15) is 0 Å². The van der Waals surface area contributed by atoms with Crippen molar-refractivity contribution < 1.29 is 4.79 Å². The molecule has 0 aliphatic carbocycles. The molecule has 6 nitrogen and oxygen atoms in total. The average Bonchev–Trinajstić information content (AvgIpc) is 3.24. The second-order valence-corrected chi connectivity index (χ2v) is 8.97. The first-order chi connectivity index (χ1) is 16.0. The third-order valence-electron chi connectivity index (χ3n) is 5.49. The molecule has 0 spiro atoms. The Morgan fingerprint density at radius 3 is 2.52 bits per heavy atom. The van der Waals surface area contributed by atoms with E-state index in [2.05, 4.69) is 27.4 Å². The highest BCUT2D eigenvalue weighted by Crippen LogP contribution is 2.16. The van der Waals surface area contributed by atoms with Crippen LogP contribution in [0.25, 0.3) is 0 Å². The summed E-state index contributed by atoms with van der Waals surface area (Å²) >= 11 is 1.53. The number of aromatic nitrogens is 3. The number of rotatable bonds is 8. The Hall–Kier alpha value is -3.58. The molecule has 0 atom stereocenters. The third-order valence-corrected chi connectivity index (χ3v) is 6.31. The van der Waals surface area contributed by atoms with Crippen LogP contribution in [0.3, 0.4) is 0 Å². The van der Waals surface area contributed by atoms with Gasteiger partial charge in [0.15, 0.2) is 5.43 Å². The molecule has 168 valence electrons. The van der Waals surface area contributed by atoms with E-state index in [-0.39, 0.29) is 23.4 Å². The Bertz CT molecular complexity index is 1300. The maximum Gasteiger partial charge on any atom is 0.257 e. The molecule has 1 aromatic carbocycles. The Morgan fingerprint density at radius 1 is 1.03 bits per heavy atom. The largest absolute Gasteiger partial charge is 0.346 e. The SMILES string of the molecule is Cc1nc(CNC(=O)c2c(CCc3ccccc3)n(Cc3ccccn3)c(C)cc2=O)cs1. The van der Waals surface area contributed by atoms with Crippen molar-refractivity contribution in [2.24, 2.45) is 0 Å². The molecule has 7 heteroatoms. The topological polar surface area (TPSA) is 76.9 Å². The molecule has 4 aromatic rings. The number of thiazole rings is 1. The van der Waals surface area contributed by atoms with Crippen LogP contribution in [0, 0.1) is 13.8 Å². The summed E-state index contributed by atoms with van der Waals surface area (Å²) in [5.41, 5.74) is 4.27. The molecule has 0 saturated carbocycles. The molecular formula is C26H26N4O2S. The van der Waals surface area contributed by atoms with Crippen LogP contribution < -0.4 is 10.7 Å². The van der Waals surface area contributed by atoms with Crippen LogP contribution in [-0.2, 0) is 25.9 Å². The lowest BCUT2D eigenvalue weighted by molar-refractivity contribution is 0.0947. The third kappa shape index (κ3) is 5.62. The highest BCUT2D eigenvalue weighted by atomic mass is 32.1. The van der Waals surface area contributed by atoms with E-state index >= 15 is 0 Å². The first kappa shape index (κ1) is 22.6. The van der Waals surface area contributed by atoms with Crippen molar-refractivity contribution in [1.82, 2.24) is 19.9 Å². The summed E-state index contributed by atoms with van der Waals surface area (Å²) < 4.78 is 2.04. The standard InChI is InChI=1S/C26H26N4O2S/c1-18-14-24(31)25(26(32)28-15-22-17-33-19(2)29-22)23(12-11-20-8-4-3-5-9-20)30(18)16-21-10-6-7-13-27-21/h3-10,13-14,17H,11-12,15-16H2,1-2H3,(H,28,32). The molecule has 0 aliphatic rings. The molecule has 1 N–H and O–H groups in total. The molecule has 0 saturated heterocycles. The van der Waals surface area contributed by atoms with Crippen LogP contribution in [-0.4, -0.2) is 20.4 Å². The highest BCUT2D eigenvalue weighted by molar-refractivity contribution is 7.09. The lowest BCUT2D eigenvalue weighted by atomic mass is 10.0. The van der Waals surface area contributed by atoms with Crippen molar-refractivity contribution in [1.29, 1.82) is 0 Å². The minimum absolute atomic E-state index is 0.194. The van der Waals surface area contributed by atoms with Gasteiger partial charge in [0, 0.05) is 29.0 Å². The highest BCUT2D eigenvalue weighted by Gasteiger charge is 2.21. The second kappa shape index (κ2) is 10.4. The summed E-state index contributed by atoms with van der Waals surface area (Å²) in [6.45, 7) is 4.60. The average molecular weight is 459 g/mol. The van der Waals surface area contributed by atoms with Gasteiger partial charge in [0.1, 0.15) is 5.56 Å². The summed E-state index contributed by atoms with van der Waals surface area (Å²) in [6.07, 6.45) is 3.03. The fourth-order valence-electron chi connectivity index (χ4n) is 3.86. The zero-order valence-electron chi connectivity index (χ0n) is 18.7. The molecule has 0 aliphatic heterocycles. The number of carbonyl (C=O) groups excluding carboxylic acids is 1. The lowest BCUT2D eigenvalue weighted by Gasteiger charge is -2.20. The lowest BCUT2D eigenvalue weighted by Crippen LogP contribution is -2.33. The fraction of sp³-hybridized carbons (Fsp3) is 0.231.